The van der Waals surface area contributed by atoms with Crippen molar-refractivity contribution in [3.8, 4) is 57.1 Å². The van der Waals surface area contributed by atoms with Crippen LogP contribution in [0.15, 0.2) is 78.9 Å². The van der Waals surface area contributed by atoms with E-state index < -0.39 is 136 Å². The van der Waals surface area contributed by atoms with Crippen molar-refractivity contribution >= 4 is 53.0 Å². The lowest BCUT2D eigenvalue weighted by molar-refractivity contribution is -0.143. The molecule has 0 aromatic heterocycles. The third kappa shape index (κ3) is 10.2. The van der Waals surface area contributed by atoms with Crippen molar-refractivity contribution in [3.05, 3.63) is 117 Å². The van der Waals surface area contributed by atoms with Crippen LogP contribution in [0.3, 0.4) is 0 Å². The Labute approximate surface area is 465 Å². The summed E-state index contributed by atoms with van der Waals surface area (Å²) in [5.41, 5.74) is 10.2. The Bertz CT molecular complexity index is 3440. The summed E-state index contributed by atoms with van der Waals surface area (Å²) in [6, 6.07) is 3.75. The van der Waals surface area contributed by atoms with E-state index in [9.17, 15) is 59.7 Å². The molecule has 422 valence electrons. The van der Waals surface area contributed by atoms with Gasteiger partial charge in [-0.3, -0.25) is 28.8 Å². The molecule has 23 nitrogen and oxygen atoms in total. The molecule has 5 aromatic rings. The molecular weight excluding hydrogens is 1070 g/mol. The number of amides is 6. The second-order valence-electron chi connectivity index (χ2n) is 21.9. The molecule has 4 fully saturated rings. The Hall–Kier alpha value is -8.64. The first-order valence-corrected chi connectivity index (χ1v) is 26.7. The molecule has 8 atom stereocenters. The van der Waals surface area contributed by atoms with Gasteiger partial charge >= 0.3 is 5.97 Å². The van der Waals surface area contributed by atoms with Crippen molar-refractivity contribution in [2.75, 3.05) is 0 Å². The molecule has 6 amide bonds. The fourth-order valence-corrected chi connectivity index (χ4v) is 13.2. The topological polar surface area (TPSA) is 392 Å². The van der Waals surface area contributed by atoms with Gasteiger partial charge in [0.05, 0.1) is 11.4 Å². The van der Waals surface area contributed by atoms with Gasteiger partial charge in [0.2, 0.25) is 41.2 Å². The minimum Gasteiger partial charge on any atom is -0.508 e. The second kappa shape index (κ2) is 21.1. The van der Waals surface area contributed by atoms with E-state index in [1.807, 2.05) is 0 Å². The lowest BCUT2D eigenvalue weighted by atomic mass is 9.51. The number of halogens is 1. The predicted molar refractivity (Wildman–Crippen MR) is 283 cm³/mol. The highest BCUT2D eigenvalue weighted by Crippen LogP contribution is 2.59. The second-order valence-corrected chi connectivity index (χ2v) is 22.3. The fraction of sp³-hybridized carbons (Fsp3) is 0.351. The van der Waals surface area contributed by atoms with Gasteiger partial charge in [0.25, 0.3) is 0 Å². The maximum absolute atomic E-state index is 15.4. The highest BCUT2D eigenvalue weighted by Gasteiger charge is 2.49. The van der Waals surface area contributed by atoms with Gasteiger partial charge in [-0.1, -0.05) is 35.9 Å². The van der Waals surface area contributed by atoms with Crippen LogP contribution in [0.4, 0.5) is 0 Å². The molecule has 4 saturated carbocycles. The minimum atomic E-state index is -2.13. The number of carbonyl (C=O) groups excluding carboxylic acids is 6. The van der Waals surface area contributed by atoms with Gasteiger partial charge in [-0.05, 0) is 145 Å². The monoisotopic (exact) mass is 1130 g/mol. The average Bonchev–Trinajstić information content (AvgIpc) is 3.43. The van der Waals surface area contributed by atoms with E-state index in [-0.39, 0.29) is 67.8 Å². The number of carboxylic acid groups (broad SMARTS) is 1. The largest absolute Gasteiger partial charge is 0.508 e. The molecular formula is C57H56ClN7O16. The van der Waals surface area contributed by atoms with Crippen molar-refractivity contribution in [2.45, 2.75) is 93.4 Å². The van der Waals surface area contributed by atoms with Gasteiger partial charge in [-0.15, -0.1) is 0 Å². The van der Waals surface area contributed by atoms with Crippen LogP contribution in [-0.4, -0.2) is 95.3 Å². The van der Waals surface area contributed by atoms with Gasteiger partial charge in [-0.25, -0.2) is 4.79 Å². The lowest BCUT2D eigenvalue weighted by Gasteiger charge is -2.54. The summed E-state index contributed by atoms with van der Waals surface area (Å²) in [6.07, 6.45) is 0.624. The molecule has 81 heavy (non-hydrogen) atoms. The van der Waals surface area contributed by atoms with Gasteiger partial charge in [0, 0.05) is 22.3 Å². The van der Waals surface area contributed by atoms with Crippen molar-refractivity contribution in [2.24, 2.45) is 41.1 Å². The van der Waals surface area contributed by atoms with Gasteiger partial charge in [0.15, 0.2) is 17.5 Å². The maximum atomic E-state index is 15.4. The smallest absolute Gasteiger partial charge is 0.330 e. The number of primary amides is 1. The first kappa shape index (κ1) is 54.3. The fourth-order valence-electron chi connectivity index (χ4n) is 13.0. The zero-order valence-corrected chi connectivity index (χ0v) is 43.6. The van der Waals surface area contributed by atoms with E-state index in [0.29, 0.717) is 23.7 Å². The number of aromatic hydroxyl groups is 4. The molecule has 14 rings (SSSR count). The number of benzene rings is 5. The number of carboxylic acids is 1. The molecule has 4 aliphatic carbocycles. The average molecular weight is 1130 g/mol. The maximum Gasteiger partial charge on any atom is 0.330 e. The standard InChI is InChI=1S/C57H56ClN7O16/c58-34-15-25-4-8-38(34)81-40-17-28-16-39(51(40)72)80-29-5-1-23(2-6-29)49(70)47-56(77)64-46(57(78)79)33-19-37(67)32(18-30-26-10-21-9-22(12-26)13-27(30)11-21)50(71)42(33)31-14-24(3-7-36(31)66)44(54(75)65-47)63-55(76)45(28)62-52(73)35(20-41(59)68)61-53(74)43(60)48(25)69/h1-8,14-17,19,21-22,26-27,30,35,43-49,66-67,69-72H,9-13,18,20,60H2,(H2,59,68)(H,61,74)(H,62,73)(H,63,76)(H,64,77)(H,65,75)(H,78,79)/t21?,22?,26?,27?,30?,35-,43+,44+,45+,46-,47-,48+,49+/m0/s1. The van der Waals surface area contributed by atoms with Crippen LogP contribution in [0, 0.1) is 29.6 Å². The summed E-state index contributed by atoms with van der Waals surface area (Å²) in [5, 5.41) is 94.2. The lowest BCUT2D eigenvalue weighted by Crippen LogP contribution is -2.56. The number of aliphatic hydroxyl groups excluding tert-OH is 2. The number of nitrogens with two attached hydrogens (primary N) is 2. The number of rotatable bonds is 5. The number of hydrogen-bond acceptors (Lipinski definition) is 16. The van der Waals surface area contributed by atoms with Crippen molar-refractivity contribution in [1.82, 2.24) is 26.6 Å². The summed E-state index contributed by atoms with van der Waals surface area (Å²) in [6.45, 7) is 0. The zero-order valence-electron chi connectivity index (χ0n) is 42.8. The van der Waals surface area contributed by atoms with Crippen LogP contribution in [0.2, 0.25) is 5.02 Å². The normalized spacial score (nSPS) is 28.7. The third-order valence-electron chi connectivity index (χ3n) is 16.8. The third-order valence-corrected chi connectivity index (χ3v) is 17.1. The summed E-state index contributed by atoms with van der Waals surface area (Å²) >= 11 is 6.64. The number of aliphatic carboxylic acids is 1. The van der Waals surface area contributed by atoms with Crippen LogP contribution in [0.5, 0.6) is 46.0 Å². The number of ether oxygens (including phenoxy) is 2. The van der Waals surface area contributed by atoms with Gasteiger partial charge in [-0.2, -0.15) is 0 Å². The molecule has 9 aliphatic rings. The highest BCUT2D eigenvalue weighted by atomic mass is 35.5. The van der Waals surface area contributed by atoms with Crippen LogP contribution in [0.1, 0.15) is 102 Å². The molecule has 0 spiro atoms. The van der Waals surface area contributed by atoms with Crippen molar-refractivity contribution in [3.63, 3.8) is 0 Å². The SMILES string of the molecule is NC(=O)C[C@@H]1NC(=O)[C@H](N)[C@H](O)c2ccc(c(Cl)c2)Oc2cc3cc(c2O)Oc2ccc(cc2)[C@@H](O)[C@@H]2NC(=O)[C@H](NC(=O)[C@@H]3NC1=O)c1ccc(O)c(c1)-c1c(cc(O)c(CC3C4CC5CC(C4)CC3C5)c1O)[C@@H](C(=O)O)NC2=O. The Morgan fingerprint density at radius 2 is 1.22 bits per heavy atom. The van der Waals surface area contributed by atoms with Gasteiger partial charge in [0.1, 0.15) is 71.2 Å². The number of nitrogens with one attached hydrogen (secondary N) is 5. The molecule has 5 aliphatic heterocycles. The van der Waals surface area contributed by atoms with Crippen LogP contribution >= 0.6 is 11.6 Å². The first-order chi connectivity index (χ1) is 38.6. The number of phenols is 4. The molecule has 5 heterocycles. The van der Waals surface area contributed by atoms with E-state index in [1.165, 1.54) is 61.0 Å². The first-order valence-electron chi connectivity index (χ1n) is 26.3. The number of phenolic OH excluding ortho intramolecular Hbond substituents is 4. The molecule has 24 heteroatoms. The molecule has 16 N–H and O–H groups in total. The van der Waals surface area contributed by atoms with E-state index >= 15 is 9.59 Å². The van der Waals surface area contributed by atoms with Gasteiger partial charge < -0.3 is 83.3 Å². The van der Waals surface area contributed by atoms with E-state index in [2.05, 4.69) is 26.6 Å². The molecule has 0 saturated heterocycles. The summed E-state index contributed by atoms with van der Waals surface area (Å²) in [4.78, 5) is 99.5. The highest BCUT2D eigenvalue weighted by molar-refractivity contribution is 6.32. The molecule has 5 aromatic carbocycles. The Morgan fingerprint density at radius 3 is 1.88 bits per heavy atom. The molecule has 15 bridgehead atoms. The van der Waals surface area contributed by atoms with E-state index in [0.717, 1.165) is 49.9 Å². The Kier molecular flexibility index (Phi) is 14.2. The van der Waals surface area contributed by atoms with Crippen LogP contribution < -0.4 is 47.5 Å². The number of hydrogen-bond donors (Lipinski definition) is 14. The quantitative estimate of drug-likeness (QED) is 0.120. The number of aliphatic hydroxyl groups is 2. The summed E-state index contributed by atoms with van der Waals surface area (Å²) in [5.74, 6) is -10.7. The van der Waals surface area contributed by atoms with E-state index in [4.69, 9.17) is 32.5 Å². The predicted octanol–water partition coefficient (Wildman–Crippen LogP) is 3.57. The van der Waals surface area contributed by atoms with Crippen molar-refractivity contribution in [1.29, 1.82) is 0 Å². The molecule has 0 unspecified atom stereocenters. The molecule has 0 radical (unpaired) electrons. The summed E-state index contributed by atoms with van der Waals surface area (Å²) in [7, 11) is 0. The van der Waals surface area contributed by atoms with E-state index in [1.54, 1.807) is 0 Å². The number of carbonyl (C=O) groups is 7. The number of fused-ring (bicyclic) bond motifs is 15. The Balaban J connectivity index is 1.10. The van der Waals surface area contributed by atoms with Crippen LogP contribution in [0.25, 0.3) is 11.1 Å². The zero-order chi connectivity index (χ0) is 57.5. The van der Waals surface area contributed by atoms with Crippen LogP contribution in [-0.2, 0) is 40.0 Å². The summed E-state index contributed by atoms with van der Waals surface area (Å²) < 4.78 is 12.2. The Morgan fingerprint density at radius 1 is 0.605 bits per heavy atom. The van der Waals surface area contributed by atoms with Crippen molar-refractivity contribution < 1.29 is 78.8 Å². The minimum absolute atomic E-state index is 0.0176.